The van der Waals surface area contributed by atoms with Crippen LogP contribution >= 0.6 is 27.3 Å². The Bertz CT molecular complexity index is 876. The maximum atomic E-state index is 12.4. The molecule has 0 aliphatic rings. The molecule has 0 saturated heterocycles. The molecule has 0 spiro atoms. The molecule has 0 aliphatic carbocycles. The summed E-state index contributed by atoms with van der Waals surface area (Å²) < 4.78 is 2.18. The number of carbonyl (C=O) groups excluding carboxylic acids is 1. The van der Waals surface area contributed by atoms with Gasteiger partial charge in [0.05, 0.1) is 22.8 Å². The van der Waals surface area contributed by atoms with Gasteiger partial charge in [-0.3, -0.25) is 9.69 Å². The molecule has 6 heteroatoms. The fourth-order valence-electron chi connectivity index (χ4n) is 2.58. The van der Waals surface area contributed by atoms with Crippen LogP contribution in [0.15, 0.2) is 46.9 Å². The third-order valence-corrected chi connectivity index (χ3v) is 5.88. The Morgan fingerprint density at radius 2 is 2.08 bits per heavy atom. The summed E-state index contributed by atoms with van der Waals surface area (Å²) in [5, 5.41) is 4.01. The smallest absolute Gasteiger partial charge is 0.238 e. The Hall–Kier alpha value is -1.76. The van der Waals surface area contributed by atoms with E-state index in [9.17, 15) is 4.79 Å². The number of aromatic nitrogens is 1. The lowest BCUT2D eigenvalue weighted by Gasteiger charge is -2.22. The van der Waals surface area contributed by atoms with E-state index in [0.717, 1.165) is 26.2 Å². The zero-order valence-corrected chi connectivity index (χ0v) is 16.8. The second-order valence-corrected chi connectivity index (χ2v) is 8.10. The lowest BCUT2D eigenvalue weighted by Crippen LogP contribution is -2.32. The average Bonchev–Trinajstić information content (AvgIpc) is 3.00. The van der Waals surface area contributed by atoms with Crippen molar-refractivity contribution in [1.29, 1.82) is 0 Å². The molecular weight excluding hydrogens is 398 g/mol. The summed E-state index contributed by atoms with van der Waals surface area (Å²) in [6.07, 6.45) is 0. The third-order valence-electron chi connectivity index (χ3n) is 4.18. The van der Waals surface area contributed by atoms with Crippen LogP contribution in [0.25, 0.3) is 10.2 Å². The third kappa shape index (κ3) is 4.26. The van der Waals surface area contributed by atoms with Gasteiger partial charge in [0.2, 0.25) is 5.91 Å². The Morgan fingerprint density at radius 1 is 1.32 bits per heavy atom. The van der Waals surface area contributed by atoms with Gasteiger partial charge in [0, 0.05) is 10.2 Å². The van der Waals surface area contributed by atoms with Gasteiger partial charge in [0.25, 0.3) is 0 Å². The molecule has 1 aromatic heterocycles. The lowest BCUT2D eigenvalue weighted by molar-refractivity contribution is -0.117. The SMILES string of the molecule is Cc1cc(Br)ccc1NC(=O)CN(C)[C@@H](C)c1nc2ccccc2s1. The van der Waals surface area contributed by atoms with Crippen LogP contribution in [0.3, 0.4) is 0 Å². The van der Waals surface area contributed by atoms with E-state index in [-0.39, 0.29) is 11.9 Å². The minimum Gasteiger partial charge on any atom is -0.325 e. The number of para-hydroxylation sites is 1. The van der Waals surface area contributed by atoms with Crippen molar-refractivity contribution in [1.82, 2.24) is 9.88 Å². The molecule has 2 aromatic carbocycles. The number of carbonyl (C=O) groups is 1. The number of fused-ring (bicyclic) bond motifs is 1. The molecule has 4 nitrogen and oxygen atoms in total. The summed E-state index contributed by atoms with van der Waals surface area (Å²) >= 11 is 5.11. The highest BCUT2D eigenvalue weighted by Gasteiger charge is 2.18. The maximum Gasteiger partial charge on any atom is 0.238 e. The molecule has 0 aliphatic heterocycles. The van der Waals surface area contributed by atoms with Gasteiger partial charge in [-0.25, -0.2) is 4.98 Å². The van der Waals surface area contributed by atoms with Gasteiger partial charge in [-0.1, -0.05) is 28.1 Å². The minimum atomic E-state index is -0.0270. The molecule has 0 saturated carbocycles. The highest BCUT2D eigenvalue weighted by Crippen LogP contribution is 2.28. The van der Waals surface area contributed by atoms with E-state index in [1.807, 2.05) is 55.3 Å². The molecule has 25 heavy (non-hydrogen) atoms. The molecule has 1 atom stereocenters. The van der Waals surface area contributed by atoms with Crippen molar-refractivity contribution in [2.24, 2.45) is 0 Å². The van der Waals surface area contributed by atoms with Gasteiger partial charge in [-0.05, 0) is 56.8 Å². The number of thiazole rings is 1. The first-order valence-electron chi connectivity index (χ1n) is 8.06. The van der Waals surface area contributed by atoms with Gasteiger partial charge in [0.1, 0.15) is 5.01 Å². The number of anilines is 1. The normalized spacial score (nSPS) is 12.5. The van der Waals surface area contributed by atoms with E-state index in [1.54, 1.807) is 11.3 Å². The summed E-state index contributed by atoms with van der Waals surface area (Å²) in [5.74, 6) is -0.0270. The van der Waals surface area contributed by atoms with Crippen molar-refractivity contribution in [2.45, 2.75) is 19.9 Å². The predicted molar refractivity (Wildman–Crippen MR) is 108 cm³/mol. The second kappa shape index (κ2) is 7.64. The quantitative estimate of drug-likeness (QED) is 0.635. The van der Waals surface area contributed by atoms with Crippen LogP contribution in [0, 0.1) is 6.92 Å². The Labute approximate surface area is 160 Å². The van der Waals surface area contributed by atoms with Crippen molar-refractivity contribution in [3.63, 3.8) is 0 Å². The van der Waals surface area contributed by atoms with Crippen LogP contribution < -0.4 is 5.32 Å². The molecule has 1 amide bonds. The number of rotatable bonds is 5. The monoisotopic (exact) mass is 417 g/mol. The molecule has 0 unspecified atom stereocenters. The van der Waals surface area contributed by atoms with Crippen LogP contribution in [0.2, 0.25) is 0 Å². The first kappa shape index (κ1) is 18.0. The lowest BCUT2D eigenvalue weighted by atomic mass is 10.2. The fraction of sp³-hybridized carbons (Fsp3) is 0.263. The maximum absolute atomic E-state index is 12.4. The van der Waals surface area contributed by atoms with Gasteiger partial charge in [0.15, 0.2) is 0 Å². The van der Waals surface area contributed by atoms with Crippen molar-refractivity contribution < 1.29 is 4.79 Å². The van der Waals surface area contributed by atoms with Crippen LogP contribution in [0.1, 0.15) is 23.5 Å². The molecule has 0 bridgehead atoms. The molecule has 1 N–H and O–H groups in total. The molecular formula is C19H20BrN3OS. The number of halogens is 1. The number of nitrogens with one attached hydrogen (secondary N) is 1. The van der Waals surface area contributed by atoms with E-state index in [2.05, 4.69) is 39.2 Å². The Morgan fingerprint density at radius 3 is 2.80 bits per heavy atom. The summed E-state index contributed by atoms with van der Waals surface area (Å²) in [6.45, 7) is 4.37. The Balaban J connectivity index is 1.66. The van der Waals surface area contributed by atoms with Gasteiger partial charge in [-0.2, -0.15) is 0 Å². The van der Waals surface area contributed by atoms with Crippen LogP contribution in [0.4, 0.5) is 5.69 Å². The van der Waals surface area contributed by atoms with Crippen molar-refractivity contribution in [3.8, 4) is 0 Å². The van der Waals surface area contributed by atoms with Crippen LogP contribution in [-0.4, -0.2) is 29.4 Å². The largest absolute Gasteiger partial charge is 0.325 e. The van der Waals surface area contributed by atoms with Crippen LogP contribution in [-0.2, 0) is 4.79 Å². The summed E-state index contributed by atoms with van der Waals surface area (Å²) in [7, 11) is 1.95. The zero-order chi connectivity index (χ0) is 18.0. The van der Waals surface area contributed by atoms with E-state index >= 15 is 0 Å². The molecule has 3 aromatic rings. The summed E-state index contributed by atoms with van der Waals surface area (Å²) in [5.41, 5.74) is 2.89. The van der Waals surface area contributed by atoms with Gasteiger partial charge >= 0.3 is 0 Å². The first-order chi connectivity index (χ1) is 11.9. The number of nitrogens with zero attached hydrogens (tertiary/aromatic N) is 2. The topological polar surface area (TPSA) is 45.2 Å². The number of aryl methyl sites for hydroxylation is 1. The molecule has 0 fully saturated rings. The average molecular weight is 418 g/mol. The summed E-state index contributed by atoms with van der Waals surface area (Å²) in [6, 6.07) is 14.0. The number of hydrogen-bond donors (Lipinski definition) is 1. The minimum absolute atomic E-state index is 0.0270. The Kier molecular flexibility index (Phi) is 5.51. The van der Waals surface area contributed by atoms with Gasteiger partial charge in [-0.15, -0.1) is 11.3 Å². The fourth-order valence-corrected chi connectivity index (χ4v) is 4.14. The van der Waals surface area contributed by atoms with E-state index in [4.69, 9.17) is 0 Å². The standard InChI is InChI=1S/C19H20BrN3OS/c1-12-10-14(20)8-9-15(12)21-18(24)11-23(3)13(2)19-22-16-6-4-5-7-17(16)25-19/h4-10,13H,11H2,1-3H3,(H,21,24)/t13-/m0/s1. The second-order valence-electron chi connectivity index (χ2n) is 6.12. The van der Waals surface area contributed by atoms with Crippen molar-refractivity contribution >= 4 is 49.1 Å². The van der Waals surface area contributed by atoms with E-state index in [1.165, 1.54) is 4.70 Å². The molecule has 3 rings (SSSR count). The van der Waals surface area contributed by atoms with Crippen LogP contribution in [0.5, 0.6) is 0 Å². The number of likely N-dealkylation sites (N-methyl/N-ethyl adjacent to an activating group) is 1. The number of benzene rings is 2. The molecule has 0 radical (unpaired) electrons. The predicted octanol–water partition coefficient (Wildman–Crippen LogP) is 5.00. The van der Waals surface area contributed by atoms with E-state index in [0.29, 0.717) is 6.54 Å². The number of amides is 1. The van der Waals surface area contributed by atoms with E-state index < -0.39 is 0 Å². The number of hydrogen-bond acceptors (Lipinski definition) is 4. The van der Waals surface area contributed by atoms with Crippen molar-refractivity contribution in [2.75, 3.05) is 18.9 Å². The highest BCUT2D eigenvalue weighted by atomic mass is 79.9. The molecule has 130 valence electrons. The van der Waals surface area contributed by atoms with Gasteiger partial charge < -0.3 is 5.32 Å². The van der Waals surface area contributed by atoms with Crippen molar-refractivity contribution in [3.05, 3.63) is 57.5 Å². The first-order valence-corrected chi connectivity index (χ1v) is 9.66. The zero-order valence-electron chi connectivity index (χ0n) is 14.4. The summed E-state index contributed by atoms with van der Waals surface area (Å²) in [4.78, 5) is 19.1. The highest BCUT2D eigenvalue weighted by molar-refractivity contribution is 9.10. The molecule has 1 heterocycles.